The van der Waals surface area contributed by atoms with Crippen LogP contribution in [0.15, 0.2) is 55.1 Å². The van der Waals surface area contributed by atoms with Crippen LogP contribution in [0.1, 0.15) is 40.0 Å². The Labute approximate surface area is 154 Å². The summed E-state index contributed by atoms with van der Waals surface area (Å²) < 4.78 is 38.5. The number of nitrogens with zero attached hydrogens (tertiary/aromatic N) is 1. The zero-order chi connectivity index (χ0) is 19.8. The molecule has 1 N–H and O–H groups in total. The van der Waals surface area contributed by atoms with Crippen LogP contribution in [-0.4, -0.2) is 23.3 Å². The van der Waals surface area contributed by atoms with Gasteiger partial charge in [-0.25, -0.2) is 0 Å². The second-order valence-electron chi connectivity index (χ2n) is 6.30. The molecule has 0 spiro atoms. The molecular weight excluding hydrogens is 357 g/mol. The Morgan fingerprint density at radius 1 is 1.15 bits per heavy atom. The average molecular weight is 374 g/mol. The summed E-state index contributed by atoms with van der Waals surface area (Å²) in [7, 11) is 0. The van der Waals surface area contributed by atoms with Crippen molar-refractivity contribution >= 4 is 17.5 Å². The van der Waals surface area contributed by atoms with Crippen molar-refractivity contribution in [2.75, 3.05) is 6.54 Å². The van der Waals surface area contributed by atoms with Crippen LogP contribution < -0.4 is 5.32 Å². The van der Waals surface area contributed by atoms with E-state index in [4.69, 9.17) is 0 Å². The van der Waals surface area contributed by atoms with Gasteiger partial charge < -0.3 is 5.32 Å². The highest BCUT2D eigenvalue weighted by molar-refractivity contribution is 6.10. The predicted molar refractivity (Wildman–Crippen MR) is 94.5 cm³/mol. The van der Waals surface area contributed by atoms with Gasteiger partial charge in [-0.15, -0.1) is 0 Å². The molecule has 2 amide bonds. The van der Waals surface area contributed by atoms with Crippen molar-refractivity contribution in [1.29, 1.82) is 0 Å². The van der Waals surface area contributed by atoms with Crippen molar-refractivity contribution in [1.82, 2.24) is 10.2 Å². The second-order valence-corrected chi connectivity index (χ2v) is 6.30. The van der Waals surface area contributed by atoms with Crippen molar-refractivity contribution in [3.05, 3.63) is 77.4 Å². The summed E-state index contributed by atoms with van der Waals surface area (Å²) in [6.45, 7) is 5.19. The van der Waals surface area contributed by atoms with Gasteiger partial charge in [0, 0.05) is 16.8 Å². The molecule has 1 heterocycles. The van der Waals surface area contributed by atoms with E-state index < -0.39 is 23.7 Å². The van der Waals surface area contributed by atoms with E-state index in [1.807, 2.05) is 0 Å². The molecule has 2 aromatic rings. The van der Waals surface area contributed by atoms with Crippen molar-refractivity contribution < 1.29 is 22.8 Å². The summed E-state index contributed by atoms with van der Waals surface area (Å²) in [4.78, 5) is 26.0. The zero-order valence-electron chi connectivity index (χ0n) is 14.5. The molecule has 140 valence electrons. The standard InChI is InChI=1S/C20H17F3N2O2/c1-12(14-6-5-7-15(10-14)20(21,22)23)24-18(26)11-25-13(2)16-8-3-4-9-17(16)19(25)27/h3-10,12H,2,11H2,1H3,(H,24,26)/t12-/m0/s1. The number of halogens is 3. The molecule has 0 saturated carbocycles. The molecule has 0 unspecified atom stereocenters. The van der Waals surface area contributed by atoms with E-state index in [1.165, 1.54) is 17.0 Å². The normalized spacial score (nSPS) is 14.9. The summed E-state index contributed by atoms with van der Waals surface area (Å²) in [5.41, 5.74) is 1.12. The lowest BCUT2D eigenvalue weighted by molar-refractivity contribution is -0.137. The molecule has 3 rings (SSSR count). The number of carbonyl (C=O) groups excluding carboxylic acids is 2. The van der Waals surface area contributed by atoms with E-state index in [0.29, 0.717) is 22.4 Å². The smallest absolute Gasteiger partial charge is 0.348 e. The van der Waals surface area contributed by atoms with Crippen LogP contribution in [0.2, 0.25) is 0 Å². The lowest BCUT2D eigenvalue weighted by atomic mass is 10.0. The summed E-state index contributed by atoms with van der Waals surface area (Å²) >= 11 is 0. The van der Waals surface area contributed by atoms with Crippen LogP contribution in [-0.2, 0) is 11.0 Å². The van der Waals surface area contributed by atoms with Gasteiger partial charge in [-0.1, -0.05) is 36.9 Å². The molecule has 1 atom stereocenters. The Balaban J connectivity index is 1.68. The van der Waals surface area contributed by atoms with Gasteiger partial charge in [0.1, 0.15) is 6.54 Å². The van der Waals surface area contributed by atoms with Crippen LogP contribution >= 0.6 is 0 Å². The molecule has 7 heteroatoms. The maximum Gasteiger partial charge on any atom is 0.416 e. The van der Waals surface area contributed by atoms with E-state index >= 15 is 0 Å². The fraction of sp³-hybridized carbons (Fsp3) is 0.200. The monoisotopic (exact) mass is 374 g/mol. The number of nitrogens with one attached hydrogen (secondary N) is 1. The van der Waals surface area contributed by atoms with Crippen LogP contribution in [0.25, 0.3) is 5.70 Å². The van der Waals surface area contributed by atoms with Gasteiger partial charge in [-0.2, -0.15) is 13.2 Å². The molecule has 1 aliphatic rings. The maximum absolute atomic E-state index is 12.8. The van der Waals surface area contributed by atoms with Crippen molar-refractivity contribution in [2.24, 2.45) is 0 Å². The Morgan fingerprint density at radius 2 is 1.81 bits per heavy atom. The predicted octanol–water partition coefficient (Wildman–Crippen LogP) is 4.01. The van der Waals surface area contributed by atoms with Gasteiger partial charge in [0.05, 0.1) is 11.6 Å². The molecule has 27 heavy (non-hydrogen) atoms. The van der Waals surface area contributed by atoms with E-state index in [1.54, 1.807) is 31.2 Å². The summed E-state index contributed by atoms with van der Waals surface area (Å²) in [5, 5.41) is 2.63. The number of benzene rings is 2. The molecule has 1 aliphatic heterocycles. The number of rotatable bonds is 4. The highest BCUT2D eigenvalue weighted by Gasteiger charge is 2.33. The number of amides is 2. The van der Waals surface area contributed by atoms with E-state index in [0.717, 1.165) is 12.1 Å². The number of fused-ring (bicyclic) bond motifs is 1. The molecule has 0 bridgehead atoms. The number of carbonyl (C=O) groups is 2. The lowest BCUT2D eigenvalue weighted by Gasteiger charge is -2.20. The molecule has 2 aromatic carbocycles. The van der Waals surface area contributed by atoms with E-state index in [9.17, 15) is 22.8 Å². The van der Waals surface area contributed by atoms with Gasteiger partial charge in [0.25, 0.3) is 5.91 Å². The minimum Gasteiger partial charge on any atom is -0.348 e. The SMILES string of the molecule is C=C1c2ccccc2C(=O)N1CC(=O)N[C@@H](C)c1cccc(C(F)(F)F)c1. The zero-order valence-corrected chi connectivity index (χ0v) is 14.5. The summed E-state index contributed by atoms with van der Waals surface area (Å²) in [6.07, 6.45) is -4.45. The van der Waals surface area contributed by atoms with Gasteiger partial charge >= 0.3 is 6.18 Å². The Hall–Kier alpha value is -3.09. The minimum atomic E-state index is -4.45. The lowest BCUT2D eigenvalue weighted by Crippen LogP contribution is -2.38. The fourth-order valence-electron chi connectivity index (χ4n) is 3.00. The number of alkyl halides is 3. The average Bonchev–Trinajstić information content (AvgIpc) is 2.86. The van der Waals surface area contributed by atoms with Crippen LogP contribution in [0.5, 0.6) is 0 Å². The maximum atomic E-state index is 12.8. The largest absolute Gasteiger partial charge is 0.416 e. The molecule has 0 radical (unpaired) electrons. The Morgan fingerprint density at radius 3 is 2.44 bits per heavy atom. The van der Waals surface area contributed by atoms with Crippen LogP contribution in [0, 0.1) is 0 Å². The van der Waals surface area contributed by atoms with Gasteiger partial charge in [0.15, 0.2) is 0 Å². The first-order chi connectivity index (χ1) is 12.7. The van der Waals surface area contributed by atoms with E-state index in [-0.39, 0.29) is 12.5 Å². The number of hydrogen-bond donors (Lipinski definition) is 1. The molecule has 0 fully saturated rings. The van der Waals surface area contributed by atoms with Crippen molar-refractivity contribution in [2.45, 2.75) is 19.1 Å². The Bertz CT molecular complexity index is 886. The highest BCUT2D eigenvalue weighted by atomic mass is 19.4. The van der Waals surface area contributed by atoms with Crippen molar-refractivity contribution in [3.63, 3.8) is 0 Å². The van der Waals surface area contributed by atoms with Gasteiger partial charge in [-0.3, -0.25) is 14.5 Å². The molecule has 4 nitrogen and oxygen atoms in total. The third-order valence-corrected chi connectivity index (χ3v) is 4.43. The second kappa shape index (κ2) is 6.90. The summed E-state index contributed by atoms with van der Waals surface area (Å²) in [6, 6.07) is 11.0. The van der Waals surface area contributed by atoms with Gasteiger partial charge in [0.2, 0.25) is 5.91 Å². The van der Waals surface area contributed by atoms with Crippen LogP contribution in [0.3, 0.4) is 0 Å². The molecule has 0 aromatic heterocycles. The Kier molecular flexibility index (Phi) is 4.78. The first-order valence-electron chi connectivity index (χ1n) is 8.25. The van der Waals surface area contributed by atoms with Crippen LogP contribution in [0.4, 0.5) is 13.2 Å². The molecule has 0 saturated heterocycles. The van der Waals surface area contributed by atoms with E-state index in [2.05, 4.69) is 11.9 Å². The first kappa shape index (κ1) is 18.7. The summed E-state index contributed by atoms with van der Waals surface area (Å²) in [5.74, 6) is -0.806. The minimum absolute atomic E-state index is 0.254. The molecule has 0 aliphatic carbocycles. The fourth-order valence-corrected chi connectivity index (χ4v) is 3.00. The third kappa shape index (κ3) is 3.72. The highest BCUT2D eigenvalue weighted by Crippen LogP contribution is 2.32. The quantitative estimate of drug-likeness (QED) is 0.879. The first-order valence-corrected chi connectivity index (χ1v) is 8.25. The topological polar surface area (TPSA) is 49.4 Å². The third-order valence-electron chi connectivity index (χ3n) is 4.43. The van der Waals surface area contributed by atoms with Crippen molar-refractivity contribution in [3.8, 4) is 0 Å². The van der Waals surface area contributed by atoms with Gasteiger partial charge in [-0.05, 0) is 30.7 Å². The molecular formula is C20H17F3N2O2. The number of hydrogen-bond acceptors (Lipinski definition) is 2.